The number of carbonyl (C=O) groups excluding carboxylic acids is 2. The summed E-state index contributed by atoms with van der Waals surface area (Å²) in [7, 11) is 0. The molecule has 1 aliphatic rings. The molecule has 1 aromatic heterocycles. The van der Waals surface area contributed by atoms with Gasteiger partial charge in [0.1, 0.15) is 11.5 Å². The van der Waals surface area contributed by atoms with Crippen molar-refractivity contribution in [3.05, 3.63) is 53.0 Å². The second-order valence-corrected chi connectivity index (χ2v) is 7.19. The molecule has 2 amide bonds. The Morgan fingerprint density at radius 2 is 2.00 bits per heavy atom. The molecule has 1 aromatic carbocycles. The minimum absolute atomic E-state index is 0.0704. The molecule has 0 spiro atoms. The van der Waals surface area contributed by atoms with Crippen molar-refractivity contribution in [1.82, 2.24) is 10.7 Å². The summed E-state index contributed by atoms with van der Waals surface area (Å²) in [6, 6.07) is 9.20. The van der Waals surface area contributed by atoms with Crippen LogP contribution in [0.1, 0.15) is 60.6 Å². The molecule has 1 aliphatic carbocycles. The number of hydrogen-bond acceptors (Lipinski definition) is 5. The topological polar surface area (TPSA) is 92.9 Å². The van der Waals surface area contributed by atoms with Crippen LogP contribution in [0.25, 0.3) is 0 Å². The van der Waals surface area contributed by atoms with Crippen LogP contribution in [-0.2, 0) is 11.2 Å². The molecule has 7 heteroatoms. The van der Waals surface area contributed by atoms with Gasteiger partial charge in [-0.05, 0) is 45.2 Å². The Morgan fingerprint density at radius 1 is 1.24 bits per heavy atom. The molecule has 0 saturated carbocycles. The van der Waals surface area contributed by atoms with Crippen molar-refractivity contribution in [2.45, 2.75) is 52.5 Å². The lowest BCUT2D eigenvalue weighted by molar-refractivity contribution is -0.123. The number of rotatable bonds is 7. The largest absolute Gasteiger partial charge is 0.484 e. The fraction of sp³-hybridized carbons (Fsp3) is 0.409. The van der Waals surface area contributed by atoms with Crippen LogP contribution in [0.3, 0.4) is 0 Å². The first kappa shape index (κ1) is 20.6. The van der Waals surface area contributed by atoms with E-state index in [1.807, 2.05) is 39.0 Å². The molecule has 0 saturated heterocycles. The zero-order chi connectivity index (χ0) is 20.8. The summed E-state index contributed by atoms with van der Waals surface area (Å²) < 4.78 is 11.3. The average Bonchev–Trinajstić information content (AvgIpc) is 3.08. The number of nitrogens with zero attached hydrogens (tertiary/aromatic N) is 1. The number of hydrogen-bond donors (Lipinski definition) is 2. The molecule has 7 nitrogen and oxygen atoms in total. The van der Waals surface area contributed by atoms with Gasteiger partial charge < -0.3 is 14.5 Å². The van der Waals surface area contributed by atoms with Gasteiger partial charge in [-0.15, -0.1) is 0 Å². The van der Waals surface area contributed by atoms with E-state index < -0.39 is 0 Å². The first-order valence-electron chi connectivity index (χ1n) is 9.96. The van der Waals surface area contributed by atoms with Crippen molar-refractivity contribution < 1.29 is 18.7 Å². The predicted octanol–water partition coefficient (Wildman–Crippen LogP) is 3.35. The van der Waals surface area contributed by atoms with Crippen molar-refractivity contribution >= 4 is 17.5 Å². The molecular weight excluding hydrogens is 370 g/mol. The van der Waals surface area contributed by atoms with Crippen LogP contribution in [0.2, 0.25) is 0 Å². The van der Waals surface area contributed by atoms with E-state index in [4.69, 9.17) is 9.15 Å². The van der Waals surface area contributed by atoms with E-state index in [0.29, 0.717) is 17.9 Å². The van der Waals surface area contributed by atoms with Gasteiger partial charge in [-0.25, -0.2) is 5.43 Å². The Labute approximate surface area is 170 Å². The van der Waals surface area contributed by atoms with E-state index in [-0.39, 0.29) is 24.5 Å². The molecule has 1 atom stereocenters. The van der Waals surface area contributed by atoms with Crippen LogP contribution in [0, 0.1) is 6.92 Å². The molecule has 0 bridgehead atoms. The van der Waals surface area contributed by atoms with Gasteiger partial charge in [-0.3, -0.25) is 9.59 Å². The van der Waals surface area contributed by atoms with Crippen LogP contribution < -0.4 is 15.5 Å². The molecule has 154 valence electrons. The number of carbonyl (C=O) groups is 2. The van der Waals surface area contributed by atoms with Crippen molar-refractivity contribution in [1.29, 1.82) is 0 Å². The molecule has 2 aromatic rings. The quantitative estimate of drug-likeness (QED) is 0.701. The van der Waals surface area contributed by atoms with Gasteiger partial charge >= 0.3 is 0 Å². The number of benzene rings is 1. The van der Waals surface area contributed by atoms with Gasteiger partial charge in [0, 0.05) is 23.6 Å². The Morgan fingerprint density at radius 3 is 2.72 bits per heavy atom. The number of fused-ring (bicyclic) bond motifs is 1. The van der Waals surface area contributed by atoms with Crippen LogP contribution in [0.4, 0.5) is 0 Å². The van der Waals surface area contributed by atoms with Crippen molar-refractivity contribution in [3.8, 4) is 5.75 Å². The number of amides is 2. The highest BCUT2D eigenvalue weighted by Gasteiger charge is 2.28. The van der Waals surface area contributed by atoms with E-state index >= 15 is 0 Å². The SMILES string of the molecule is CCC(C)NC(=O)c1oc2c(c1C)/C(=N/NC(=O)COc1ccccc1)CCC2. The van der Waals surface area contributed by atoms with E-state index in [2.05, 4.69) is 15.8 Å². The predicted molar refractivity (Wildman–Crippen MR) is 110 cm³/mol. The highest BCUT2D eigenvalue weighted by molar-refractivity contribution is 6.06. The smallest absolute Gasteiger partial charge is 0.287 e. The lowest BCUT2D eigenvalue weighted by Gasteiger charge is -2.13. The van der Waals surface area contributed by atoms with Crippen molar-refractivity contribution in [3.63, 3.8) is 0 Å². The van der Waals surface area contributed by atoms with Gasteiger partial charge in [-0.1, -0.05) is 25.1 Å². The molecule has 1 heterocycles. The van der Waals surface area contributed by atoms with Gasteiger partial charge in [0.25, 0.3) is 11.8 Å². The summed E-state index contributed by atoms with van der Waals surface area (Å²) in [5.74, 6) is 1.13. The van der Waals surface area contributed by atoms with E-state index in [9.17, 15) is 9.59 Å². The van der Waals surface area contributed by atoms with E-state index in [1.165, 1.54) is 0 Å². The first-order chi connectivity index (χ1) is 14.0. The van der Waals surface area contributed by atoms with Crippen molar-refractivity contribution in [2.24, 2.45) is 5.10 Å². The molecule has 0 radical (unpaired) electrons. The Balaban J connectivity index is 1.69. The molecule has 29 heavy (non-hydrogen) atoms. The van der Waals surface area contributed by atoms with E-state index in [1.54, 1.807) is 12.1 Å². The highest BCUT2D eigenvalue weighted by Crippen LogP contribution is 2.29. The van der Waals surface area contributed by atoms with E-state index in [0.717, 1.165) is 41.9 Å². The molecule has 1 unspecified atom stereocenters. The summed E-state index contributed by atoms with van der Waals surface area (Å²) >= 11 is 0. The first-order valence-corrected chi connectivity index (χ1v) is 9.96. The highest BCUT2D eigenvalue weighted by atomic mass is 16.5. The third-order valence-electron chi connectivity index (χ3n) is 4.95. The summed E-state index contributed by atoms with van der Waals surface area (Å²) in [6.45, 7) is 5.70. The molecule has 3 rings (SSSR count). The molecular formula is C22H27N3O4. The van der Waals surface area contributed by atoms with Crippen LogP contribution in [-0.4, -0.2) is 30.2 Å². The number of hydrazone groups is 1. The fourth-order valence-electron chi connectivity index (χ4n) is 3.22. The Hall–Kier alpha value is -3.09. The summed E-state index contributed by atoms with van der Waals surface area (Å²) in [6.07, 6.45) is 3.15. The zero-order valence-corrected chi connectivity index (χ0v) is 17.1. The Kier molecular flexibility index (Phi) is 6.69. The van der Waals surface area contributed by atoms with Gasteiger partial charge in [0.05, 0.1) is 5.71 Å². The van der Waals surface area contributed by atoms with Crippen LogP contribution >= 0.6 is 0 Å². The van der Waals surface area contributed by atoms with Gasteiger partial charge in [0.15, 0.2) is 12.4 Å². The summed E-state index contributed by atoms with van der Waals surface area (Å²) in [4.78, 5) is 24.6. The minimum Gasteiger partial charge on any atom is -0.484 e. The third kappa shape index (κ3) is 5.04. The van der Waals surface area contributed by atoms with Gasteiger partial charge in [-0.2, -0.15) is 5.10 Å². The standard InChI is InChI=1S/C22H27N3O4/c1-4-14(2)23-22(27)21-15(3)20-17(11-8-12-18(20)29-21)24-25-19(26)13-28-16-9-6-5-7-10-16/h5-7,9-10,14H,4,8,11-13H2,1-3H3,(H,23,27)(H,25,26)/b24-17+. The van der Waals surface area contributed by atoms with Gasteiger partial charge in [0.2, 0.25) is 0 Å². The zero-order valence-electron chi connectivity index (χ0n) is 17.1. The number of ether oxygens (including phenoxy) is 1. The minimum atomic E-state index is -0.343. The fourth-order valence-corrected chi connectivity index (χ4v) is 3.22. The van der Waals surface area contributed by atoms with Crippen LogP contribution in [0.15, 0.2) is 39.9 Å². The second-order valence-electron chi connectivity index (χ2n) is 7.19. The lowest BCUT2D eigenvalue weighted by atomic mass is 9.93. The number of para-hydroxylation sites is 1. The third-order valence-corrected chi connectivity index (χ3v) is 4.95. The lowest BCUT2D eigenvalue weighted by Crippen LogP contribution is -2.32. The maximum atomic E-state index is 12.5. The molecule has 0 aliphatic heterocycles. The second kappa shape index (κ2) is 9.41. The van der Waals surface area contributed by atoms with Crippen molar-refractivity contribution in [2.75, 3.05) is 6.61 Å². The number of nitrogens with one attached hydrogen (secondary N) is 2. The number of furan rings is 1. The average molecular weight is 397 g/mol. The monoisotopic (exact) mass is 397 g/mol. The summed E-state index contributed by atoms with van der Waals surface area (Å²) in [5.41, 5.74) is 4.86. The molecule has 0 fully saturated rings. The number of aryl methyl sites for hydroxylation is 1. The molecule has 2 N–H and O–H groups in total. The summed E-state index contributed by atoms with van der Waals surface area (Å²) in [5, 5.41) is 7.23. The van der Waals surface area contributed by atoms with Crippen LogP contribution in [0.5, 0.6) is 5.75 Å². The normalized spacial score (nSPS) is 15.5. The maximum absolute atomic E-state index is 12.5. The maximum Gasteiger partial charge on any atom is 0.287 e. The Bertz CT molecular complexity index is 902.